The Balaban J connectivity index is 2.59. The van der Waals surface area contributed by atoms with Crippen LogP contribution < -0.4 is 5.32 Å². The molecular formula is C12H17BrN2O3. The Morgan fingerprint density at radius 1 is 1.50 bits per heavy atom. The number of nitro benzene ring substituents is 1. The van der Waals surface area contributed by atoms with Crippen molar-refractivity contribution in [3.8, 4) is 0 Å². The summed E-state index contributed by atoms with van der Waals surface area (Å²) in [6, 6.07) is 5.18. The first-order valence-corrected chi connectivity index (χ1v) is 6.60. The molecule has 1 aromatic rings. The standard InChI is InChI=1S/C12H17BrN2O3/c1-9(3-2-4-16)14-8-10-5-11(13)7-12(6-10)15(17)18/h5-7,9,14,16H,2-4,8H2,1H3. The predicted octanol–water partition coefficient (Wildman–Crippen LogP) is 2.61. The van der Waals surface area contributed by atoms with E-state index in [1.807, 2.05) is 13.0 Å². The summed E-state index contributed by atoms with van der Waals surface area (Å²) in [5.74, 6) is 0. The van der Waals surface area contributed by atoms with Crippen molar-refractivity contribution in [1.29, 1.82) is 0 Å². The molecule has 1 atom stereocenters. The lowest BCUT2D eigenvalue weighted by atomic mass is 10.1. The minimum atomic E-state index is -0.399. The molecule has 1 rings (SSSR count). The zero-order valence-electron chi connectivity index (χ0n) is 10.2. The number of nitro groups is 1. The third-order valence-corrected chi connectivity index (χ3v) is 3.06. The van der Waals surface area contributed by atoms with Gasteiger partial charge in [-0.2, -0.15) is 0 Å². The van der Waals surface area contributed by atoms with Crippen molar-refractivity contribution in [2.45, 2.75) is 32.4 Å². The molecule has 0 saturated heterocycles. The van der Waals surface area contributed by atoms with Crippen LogP contribution in [0.2, 0.25) is 0 Å². The van der Waals surface area contributed by atoms with Crippen LogP contribution in [0.25, 0.3) is 0 Å². The Morgan fingerprint density at radius 3 is 2.83 bits per heavy atom. The van der Waals surface area contributed by atoms with Crippen LogP contribution in [0, 0.1) is 10.1 Å². The van der Waals surface area contributed by atoms with Crippen LogP contribution in [0.4, 0.5) is 5.69 Å². The Kier molecular flexibility index (Phi) is 6.24. The topological polar surface area (TPSA) is 75.4 Å². The largest absolute Gasteiger partial charge is 0.396 e. The number of aliphatic hydroxyl groups excluding tert-OH is 1. The smallest absolute Gasteiger partial charge is 0.270 e. The highest BCUT2D eigenvalue weighted by atomic mass is 79.9. The van der Waals surface area contributed by atoms with Gasteiger partial charge in [0, 0.05) is 35.8 Å². The van der Waals surface area contributed by atoms with Crippen molar-refractivity contribution in [2.75, 3.05) is 6.61 Å². The van der Waals surface area contributed by atoms with Crippen LogP contribution in [-0.4, -0.2) is 22.7 Å². The van der Waals surface area contributed by atoms with Gasteiger partial charge in [-0.1, -0.05) is 15.9 Å². The average molecular weight is 317 g/mol. The molecule has 0 aliphatic heterocycles. The van der Waals surface area contributed by atoms with Crippen LogP contribution in [0.5, 0.6) is 0 Å². The fourth-order valence-electron chi connectivity index (χ4n) is 1.63. The second kappa shape index (κ2) is 7.45. The lowest BCUT2D eigenvalue weighted by Crippen LogP contribution is -2.25. The molecule has 1 unspecified atom stereocenters. The number of non-ortho nitro benzene ring substituents is 1. The summed E-state index contributed by atoms with van der Waals surface area (Å²) >= 11 is 3.26. The molecule has 0 radical (unpaired) electrons. The maximum absolute atomic E-state index is 10.7. The molecule has 1 aromatic carbocycles. The Labute approximate surface area is 114 Å². The van der Waals surface area contributed by atoms with Crippen LogP contribution in [0.15, 0.2) is 22.7 Å². The van der Waals surface area contributed by atoms with Crippen molar-refractivity contribution in [1.82, 2.24) is 5.32 Å². The first-order chi connectivity index (χ1) is 8.52. The summed E-state index contributed by atoms with van der Waals surface area (Å²) in [4.78, 5) is 10.3. The number of halogens is 1. The molecule has 18 heavy (non-hydrogen) atoms. The summed E-state index contributed by atoms with van der Waals surface area (Å²) in [5, 5.41) is 22.7. The molecule has 0 fully saturated rings. The first-order valence-electron chi connectivity index (χ1n) is 5.81. The van der Waals surface area contributed by atoms with E-state index in [9.17, 15) is 10.1 Å². The first kappa shape index (κ1) is 15.1. The summed E-state index contributed by atoms with van der Waals surface area (Å²) in [7, 11) is 0. The number of hydrogen-bond donors (Lipinski definition) is 2. The van der Waals surface area contributed by atoms with E-state index in [2.05, 4.69) is 21.2 Å². The molecule has 6 heteroatoms. The maximum Gasteiger partial charge on any atom is 0.270 e. The molecule has 2 N–H and O–H groups in total. The minimum absolute atomic E-state index is 0.0872. The second-order valence-corrected chi connectivity index (χ2v) is 5.14. The molecule has 0 amide bonds. The third-order valence-electron chi connectivity index (χ3n) is 2.60. The van der Waals surface area contributed by atoms with E-state index >= 15 is 0 Å². The van der Waals surface area contributed by atoms with Gasteiger partial charge in [-0.15, -0.1) is 0 Å². The van der Waals surface area contributed by atoms with Crippen LogP contribution in [0.3, 0.4) is 0 Å². The summed E-state index contributed by atoms with van der Waals surface area (Å²) < 4.78 is 0.705. The zero-order valence-corrected chi connectivity index (χ0v) is 11.8. The molecule has 0 bridgehead atoms. The van der Waals surface area contributed by atoms with E-state index in [0.29, 0.717) is 11.0 Å². The van der Waals surface area contributed by atoms with Gasteiger partial charge in [-0.25, -0.2) is 0 Å². The van der Waals surface area contributed by atoms with E-state index in [1.54, 1.807) is 6.07 Å². The molecule has 0 aliphatic carbocycles. The molecule has 0 aromatic heterocycles. The van der Waals surface area contributed by atoms with E-state index in [-0.39, 0.29) is 18.3 Å². The number of hydrogen-bond acceptors (Lipinski definition) is 4. The normalized spacial score (nSPS) is 12.4. The monoisotopic (exact) mass is 316 g/mol. The van der Waals surface area contributed by atoms with Gasteiger partial charge in [-0.05, 0) is 31.4 Å². The lowest BCUT2D eigenvalue weighted by molar-refractivity contribution is -0.385. The van der Waals surface area contributed by atoms with Crippen molar-refractivity contribution >= 4 is 21.6 Å². The van der Waals surface area contributed by atoms with Crippen molar-refractivity contribution in [3.05, 3.63) is 38.3 Å². The fourth-order valence-corrected chi connectivity index (χ4v) is 2.16. The fraction of sp³-hybridized carbons (Fsp3) is 0.500. The predicted molar refractivity (Wildman–Crippen MR) is 73.4 cm³/mol. The molecule has 0 saturated carbocycles. The van der Waals surface area contributed by atoms with Gasteiger partial charge >= 0.3 is 0 Å². The van der Waals surface area contributed by atoms with Crippen LogP contribution in [0.1, 0.15) is 25.3 Å². The number of nitrogens with one attached hydrogen (secondary N) is 1. The van der Waals surface area contributed by atoms with Crippen LogP contribution in [-0.2, 0) is 6.54 Å². The van der Waals surface area contributed by atoms with Gasteiger partial charge in [0.1, 0.15) is 0 Å². The van der Waals surface area contributed by atoms with Gasteiger partial charge in [0.15, 0.2) is 0 Å². The Hall–Kier alpha value is -0.980. The van der Waals surface area contributed by atoms with E-state index in [0.717, 1.165) is 18.4 Å². The molecular weight excluding hydrogens is 300 g/mol. The third kappa shape index (κ3) is 5.12. The molecule has 0 heterocycles. The molecule has 100 valence electrons. The highest BCUT2D eigenvalue weighted by molar-refractivity contribution is 9.10. The Bertz CT molecular complexity index is 412. The second-order valence-electron chi connectivity index (χ2n) is 4.22. The van der Waals surface area contributed by atoms with E-state index in [1.165, 1.54) is 6.07 Å². The van der Waals surface area contributed by atoms with Crippen LogP contribution >= 0.6 is 15.9 Å². The highest BCUT2D eigenvalue weighted by Gasteiger charge is 2.09. The zero-order chi connectivity index (χ0) is 13.5. The van der Waals surface area contributed by atoms with E-state index < -0.39 is 4.92 Å². The Morgan fingerprint density at radius 2 is 2.22 bits per heavy atom. The van der Waals surface area contributed by atoms with Crippen molar-refractivity contribution < 1.29 is 10.0 Å². The van der Waals surface area contributed by atoms with Gasteiger partial charge < -0.3 is 10.4 Å². The van der Waals surface area contributed by atoms with Gasteiger partial charge in [0.25, 0.3) is 5.69 Å². The quantitative estimate of drug-likeness (QED) is 0.599. The number of nitrogens with zero attached hydrogens (tertiary/aromatic N) is 1. The average Bonchev–Trinajstić information content (AvgIpc) is 2.33. The molecule has 0 spiro atoms. The van der Waals surface area contributed by atoms with Gasteiger partial charge in [0.2, 0.25) is 0 Å². The lowest BCUT2D eigenvalue weighted by Gasteiger charge is -2.13. The number of rotatable bonds is 7. The van der Waals surface area contributed by atoms with Crippen molar-refractivity contribution in [3.63, 3.8) is 0 Å². The molecule has 5 nitrogen and oxygen atoms in total. The maximum atomic E-state index is 10.7. The summed E-state index contributed by atoms with van der Waals surface area (Å²) in [5.41, 5.74) is 0.955. The summed E-state index contributed by atoms with van der Waals surface area (Å²) in [6.45, 7) is 2.79. The highest BCUT2D eigenvalue weighted by Crippen LogP contribution is 2.21. The number of benzene rings is 1. The number of aliphatic hydroxyl groups is 1. The van der Waals surface area contributed by atoms with E-state index in [4.69, 9.17) is 5.11 Å². The SMILES string of the molecule is CC(CCCO)NCc1cc(Br)cc([N+](=O)[O-])c1. The minimum Gasteiger partial charge on any atom is -0.396 e. The molecule has 0 aliphatic rings. The van der Waals surface area contributed by atoms with Gasteiger partial charge in [0.05, 0.1) is 4.92 Å². The van der Waals surface area contributed by atoms with Gasteiger partial charge in [-0.3, -0.25) is 10.1 Å². The summed E-state index contributed by atoms with van der Waals surface area (Å²) in [6.07, 6.45) is 1.64. The van der Waals surface area contributed by atoms with Crippen molar-refractivity contribution in [2.24, 2.45) is 0 Å².